The van der Waals surface area contributed by atoms with Crippen molar-refractivity contribution in [1.29, 1.82) is 0 Å². The molecule has 6 heteroatoms. The Hall–Kier alpha value is -2.37. The second-order valence-corrected chi connectivity index (χ2v) is 4.16. The number of nitrogen functional groups attached to an aromatic ring is 1. The number of benzene rings is 1. The van der Waals surface area contributed by atoms with Gasteiger partial charge in [-0.05, 0) is 18.2 Å². The number of aromatic nitrogens is 1. The van der Waals surface area contributed by atoms with Gasteiger partial charge in [0.1, 0.15) is 18.2 Å². The van der Waals surface area contributed by atoms with Crippen LogP contribution in [0.5, 0.6) is 0 Å². The van der Waals surface area contributed by atoms with Crippen LogP contribution in [0.2, 0.25) is 0 Å². The number of nitrogens with zero attached hydrogens (tertiary/aromatic N) is 2. The fourth-order valence-corrected chi connectivity index (χ4v) is 1.90. The van der Waals surface area contributed by atoms with Gasteiger partial charge in [0, 0.05) is 29.7 Å². The van der Waals surface area contributed by atoms with Gasteiger partial charge in [0.15, 0.2) is 0 Å². The van der Waals surface area contributed by atoms with Gasteiger partial charge in [-0.25, -0.2) is 9.37 Å². The van der Waals surface area contributed by atoms with Crippen molar-refractivity contribution < 1.29 is 13.9 Å². The average Bonchev–Trinajstić information content (AvgIpc) is 2.37. The fourth-order valence-electron chi connectivity index (χ4n) is 1.90. The standard InChI is InChI=1S/C13H14FN3O2/c1-17(7-12(18)19-2)13-10-5-8(14)6-11(15)9(10)3-4-16-13/h3-6H,7,15H2,1-2H3. The molecule has 100 valence electrons. The molecule has 19 heavy (non-hydrogen) atoms. The van der Waals surface area contributed by atoms with E-state index in [-0.39, 0.29) is 6.54 Å². The molecular weight excluding hydrogens is 249 g/mol. The van der Waals surface area contributed by atoms with Crippen molar-refractivity contribution in [2.24, 2.45) is 0 Å². The lowest BCUT2D eigenvalue weighted by molar-refractivity contribution is -0.138. The molecular formula is C13H14FN3O2. The topological polar surface area (TPSA) is 68.5 Å². The van der Waals surface area contributed by atoms with Crippen LogP contribution in [0, 0.1) is 5.82 Å². The van der Waals surface area contributed by atoms with Crippen molar-refractivity contribution in [1.82, 2.24) is 4.98 Å². The minimum absolute atomic E-state index is 0.0268. The van der Waals surface area contributed by atoms with Gasteiger partial charge in [0.2, 0.25) is 0 Å². The van der Waals surface area contributed by atoms with E-state index in [2.05, 4.69) is 9.72 Å². The Bertz CT molecular complexity index is 631. The van der Waals surface area contributed by atoms with Crippen molar-refractivity contribution in [3.05, 3.63) is 30.2 Å². The molecule has 1 aromatic carbocycles. The molecule has 0 unspecified atom stereocenters. The smallest absolute Gasteiger partial charge is 0.325 e. The highest BCUT2D eigenvalue weighted by molar-refractivity contribution is 6.00. The SMILES string of the molecule is COC(=O)CN(C)c1nccc2c(N)cc(F)cc12. The van der Waals surface area contributed by atoms with Gasteiger partial charge in [-0.15, -0.1) is 0 Å². The summed E-state index contributed by atoms with van der Waals surface area (Å²) in [5, 5.41) is 1.26. The van der Waals surface area contributed by atoms with Gasteiger partial charge in [-0.1, -0.05) is 0 Å². The molecule has 0 bridgehead atoms. The lowest BCUT2D eigenvalue weighted by atomic mass is 10.1. The maximum absolute atomic E-state index is 13.5. The molecule has 1 heterocycles. The summed E-state index contributed by atoms with van der Waals surface area (Å²) >= 11 is 0. The largest absolute Gasteiger partial charge is 0.468 e. The first-order chi connectivity index (χ1) is 9.02. The third-order valence-corrected chi connectivity index (χ3v) is 2.81. The van der Waals surface area contributed by atoms with E-state index in [1.165, 1.54) is 19.2 Å². The third-order valence-electron chi connectivity index (χ3n) is 2.81. The number of pyridine rings is 1. The van der Waals surface area contributed by atoms with Crippen molar-refractivity contribution in [2.45, 2.75) is 0 Å². The number of methoxy groups -OCH3 is 1. The minimum Gasteiger partial charge on any atom is -0.468 e. The number of ether oxygens (including phenoxy) is 1. The highest BCUT2D eigenvalue weighted by Gasteiger charge is 2.13. The number of hydrogen-bond donors (Lipinski definition) is 1. The number of anilines is 2. The van der Waals surface area contributed by atoms with E-state index in [0.29, 0.717) is 22.3 Å². The quantitative estimate of drug-likeness (QED) is 0.672. The Balaban J connectivity index is 2.51. The van der Waals surface area contributed by atoms with Gasteiger partial charge >= 0.3 is 5.97 Å². The first kappa shape index (κ1) is 13.1. The van der Waals surface area contributed by atoms with E-state index < -0.39 is 11.8 Å². The summed E-state index contributed by atoms with van der Waals surface area (Å²) in [5.41, 5.74) is 6.11. The van der Waals surface area contributed by atoms with Crippen LogP contribution in [0.1, 0.15) is 0 Å². The predicted octanol–water partition coefficient (Wildman–Crippen LogP) is 1.57. The molecule has 0 atom stereocenters. The van der Waals surface area contributed by atoms with Crippen LogP contribution >= 0.6 is 0 Å². The zero-order valence-corrected chi connectivity index (χ0v) is 10.7. The van der Waals surface area contributed by atoms with Gasteiger partial charge < -0.3 is 15.4 Å². The van der Waals surface area contributed by atoms with Crippen LogP contribution in [-0.4, -0.2) is 31.7 Å². The average molecular weight is 263 g/mol. The molecule has 0 aliphatic rings. The number of esters is 1. The maximum atomic E-state index is 13.5. The number of hydrogen-bond acceptors (Lipinski definition) is 5. The molecule has 0 radical (unpaired) electrons. The van der Waals surface area contributed by atoms with Crippen LogP contribution in [0.3, 0.4) is 0 Å². The first-order valence-corrected chi connectivity index (χ1v) is 5.64. The Morgan fingerprint density at radius 1 is 1.47 bits per heavy atom. The molecule has 0 fully saturated rings. The summed E-state index contributed by atoms with van der Waals surface area (Å²) in [6.07, 6.45) is 1.57. The molecule has 0 aliphatic carbocycles. The monoisotopic (exact) mass is 263 g/mol. The van der Waals surface area contributed by atoms with Crippen LogP contribution in [0.15, 0.2) is 24.4 Å². The van der Waals surface area contributed by atoms with E-state index in [4.69, 9.17) is 5.73 Å². The zero-order chi connectivity index (χ0) is 14.0. The van der Waals surface area contributed by atoms with Gasteiger partial charge in [0.25, 0.3) is 0 Å². The molecule has 0 spiro atoms. The number of carbonyl (C=O) groups excluding carboxylic acids is 1. The summed E-state index contributed by atoms with van der Waals surface area (Å²) in [5.74, 6) is -0.356. The predicted molar refractivity (Wildman–Crippen MR) is 71.4 cm³/mol. The Labute approximate surface area is 109 Å². The number of halogens is 1. The van der Waals surface area contributed by atoms with Crippen LogP contribution in [0.25, 0.3) is 10.8 Å². The number of rotatable bonds is 3. The molecule has 1 aromatic heterocycles. The highest BCUT2D eigenvalue weighted by atomic mass is 19.1. The second kappa shape index (κ2) is 5.09. The number of fused-ring (bicyclic) bond motifs is 1. The summed E-state index contributed by atoms with van der Waals surface area (Å²) in [6.45, 7) is 0.0268. The Kier molecular flexibility index (Phi) is 3.50. The van der Waals surface area contributed by atoms with Crippen LogP contribution in [0.4, 0.5) is 15.9 Å². The molecule has 5 nitrogen and oxygen atoms in total. The first-order valence-electron chi connectivity index (χ1n) is 5.64. The van der Waals surface area contributed by atoms with E-state index in [0.717, 1.165) is 0 Å². The third kappa shape index (κ3) is 2.57. The summed E-state index contributed by atoms with van der Waals surface area (Å²) < 4.78 is 18.0. The molecule has 0 saturated heterocycles. The van der Waals surface area contributed by atoms with E-state index in [1.54, 1.807) is 24.2 Å². The lowest BCUT2D eigenvalue weighted by Crippen LogP contribution is -2.27. The fraction of sp³-hybridized carbons (Fsp3) is 0.231. The number of likely N-dealkylation sites (N-methyl/N-ethyl adjacent to an activating group) is 1. The van der Waals surface area contributed by atoms with Crippen molar-refractivity contribution >= 4 is 28.2 Å². The zero-order valence-electron chi connectivity index (χ0n) is 10.7. The molecule has 2 N–H and O–H groups in total. The summed E-state index contributed by atoms with van der Waals surface area (Å²) in [4.78, 5) is 17.0. The Morgan fingerprint density at radius 2 is 2.21 bits per heavy atom. The normalized spacial score (nSPS) is 10.5. The summed E-state index contributed by atoms with van der Waals surface area (Å²) in [6, 6.07) is 4.31. The maximum Gasteiger partial charge on any atom is 0.325 e. The summed E-state index contributed by atoms with van der Waals surface area (Å²) in [7, 11) is 2.99. The van der Waals surface area contributed by atoms with Gasteiger partial charge in [0.05, 0.1) is 7.11 Å². The van der Waals surface area contributed by atoms with Crippen LogP contribution in [-0.2, 0) is 9.53 Å². The van der Waals surface area contributed by atoms with Gasteiger partial charge in [-0.2, -0.15) is 0 Å². The molecule has 0 aliphatic heterocycles. The van der Waals surface area contributed by atoms with Crippen molar-refractivity contribution in [2.75, 3.05) is 31.3 Å². The van der Waals surface area contributed by atoms with Crippen molar-refractivity contribution in [3.8, 4) is 0 Å². The van der Waals surface area contributed by atoms with E-state index >= 15 is 0 Å². The molecule has 2 aromatic rings. The minimum atomic E-state index is -0.439. The Morgan fingerprint density at radius 3 is 2.89 bits per heavy atom. The second-order valence-electron chi connectivity index (χ2n) is 4.16. The van der Waals surface area contributed by atoms with Crippen molar-refractivity contribution in [3.63, 3.8) is 0 Å². The van der Waals surface area contributed by atoms with Crippen LogP contribution < -0.4 is 10.6 Å². The molecule has 2 rings (SSSR count). The van der Waals surface area contributed by atoms with Gasteiger partial charge in [-0.3, -0.25) is 4.79 Å². The number of carbonyl (C=O) groups is 1. The molecule has 0 saturated carbocycles. The van der Waals surface area contributed by atoms with E-state index in [9.17, 15) is 9.18 Å². The highest BCUT2D eigenvalue weighted by Crippen LogP contribution is 2.28. The number of nitrogens with two attached hydrogens (primary N) is 1. The lowest BCUT2D eigenvalue weighted by Gasteiger charge is -2.18. The van der Waals surface area contributed by atoms with E-state index in [1.807, 2.05) is 0 Å². The molecule has 0 amide bonds.